The molecule has 1 aliphatic rings. The standard InChI is InChI=1S/C23H23N3OS/c1-26(13-15-10-11-16-6-2-3-7-17(16)12-15)14-20-24-22(27)21-18-8-4-5-9-19(18)28-23(21)25-20/h2-3,6-7,10-12H,4-5,8-9,13-14H2,1H3,(H,24,25,27). The number of aromatic nitrogens is 2. The van der Waals surface area contributed by atoms with Crippen molar-refractivity contribution in [1.82, 2.24) is 14.9 Å². The average molecular weight is 390 g/mol. The SMILES string of the molecule is CN(Cc1ccc2ccccc2c1)Cc1nc2sc3c(c2c(=O)[nH]1)CCCC3. The molecule has 0 spiro atoms. The maximum atomic E-state index is 12.7. The fourth-order valence-corrected chi connectivity index (χ4v) is 5.52. The molecule has 28 heavy (non-hydrogen) atoms. The zero-order valence-electron chi connectivity index (χ0n) is 16.0. The van der Waals surface area contributed by atoms with E-state index in [1.54, 1.807) is 11.3 Å². The van der Waals surface area contributed by atoms with Crippen LogP contribution in [0, 0.1) is 0 Å². The summed E-state index contributed by atoms with van der Waals surface area (Å²) in [5, 5.41) is 3.35. The van der Waals surface area contributed by atoms with Crippen molar-refractivity contribution < 1.29 is 0 Å². The lowest BCUT2D eigenvalue weighted by Crippen LogP contribution is -2.21. The Balaban J connectivity index is 1.38. The molecule has 0 aliphatic heterocycles. The summed E-state index contributed by atoms with van der Waals surface area (Å²) in [5.41, 5.74) is 2.53. The molecule has 1 N–H and O–H groups in total. The third-order valence-electron chi connectivity index (χ3n) is 5.56. The molecule has 0 bridgehead atoms. The lowest BCUT2D eigenvalue weighted by molar-refractivity contribution is 0.311. The topological polar surface area (TPSA) is 49.0 Å². The van der Waals surface area contributed by atoms with E-state index in [1.807, 2.05) is 0 Å². The summed E-state index contributed by atoms with van der Waals surface area (Å²) in [6.07, 6.45) is 4.50. The molecule has 5 rings (SSSR count). The molecule has 2 heterocycles. The van der Waals surface area contributed by atoms with Gasteiger partial charge in [0, 0.05) is 11.4 Å². The normalized spacial score (nSPS) is 14.1. The molecule has 5 heteroatoms. The second-order valence-electron chi connectivity index (χ2n) is 7.76. The number of hydrogen-bond donors (Lipinski definition) is 1. The van der Waals surface area contributed by atoms with E-state index in [0.717, 1.165) is 35.4 Å². The summed E-state index contributed by atoms with van der Waals surface area (Å²) < 4.78 is 0. The summed E-state index contributed by atoms with van der Waals surface area (Å²) in [4.78, 5) is 25.0. The first-order valence-electron chi connectivity index (χ1n) is 9.87. The van der Waals surface area contributed by atoms with E-state index in [1.165, 1.54) is 39.6 Å². The van der Waals surface area contributed by atoms with Crippen molar-refractivity contribution in [2.45, 2.75) is 38.8 Å². The van der Waals surface area contributed by atoms with Crippen LogP contribution >= 0.6 is 11.3 Å². The molecule has 0 atom stereocenters. The van der Waals surface area contributed by atoms with E-state index < -0.39 is 0 Å². The molecule has 0 radical (unpaired) electrons. The fraction of sp³-hybridized carbons (Fsp3) is 0.304. The Hall–Kier alpha value is -2.50. The van der Waals surface area contributed by atoms with Gasteiger partial charge < -0.3 is 4.98 Å². The molecule has 4 nitrogen and oxygen atoms in total. The number of thiophene rings is 1. The Morgan fingerprint density at radius 3 is 2.79 bits per heavy atom. The lowest BCUT2D eigenvalue weighted by atomic mass is 9.97. The highest BCUT2D eigenvalue weighted by atomic mass is 32.1. The molecule has 0 amide bonds. The monoisotopic (exact) mass is 389 g/mol. The smallest absolute Gasteiger partial charge is 0.259 e. The quantitative estimate of drug-likeness (QED) is 0.553. The minimum Gasteiger partial charge on any atom is -0.309 e. The number of fused-ring (bicyclic) bond motifs is 4. The van der Waals surface area contributed by atoms with Gasteiger partial charge in [-0.1, -0.05) is 36.4 Å². The molecular formula is C23H23N3OS. The summed E-state index contributed by atoms with van der Waals surface area (Å²) in [7, 11) is 2.07. The molecule has 0 unspecified atom stereocenters. The second-order valence-corrected chi connectivity index (χ2v) is 8.84. The van der Waals surface area contributed by atoms with E-state index in [9.17, 15) is 4.79 Å². The first-order valence-corrected chi connectivity index (χ1v) is 10.7. The highest BCUT2D eigenvalue weighted by Crippen LogP contribution is 2.33. The Labute approximate surface area is 167 Å². The van der Waals surface area contributed by atoms with Gasteiger partial charge in [0.1, 0.15) is 10.7 Å². The molecule has 1 aliphatic carbocycles. The van der Waals surface area contributed by atoms with Gasteiger partial charge in [0.15, 0.2) is 0 Å². The van der Waals surface area contributed by atoms with Crippen molar-refractivity contribution in [2.75, 3.05) is 7.05 Å². The van der Waals surface area contributed by atoms with Crippen LogP contribution in [0.2, 0.25) is 0 Å². The number of rotatable bonds is 4. The number of hydrogen-bond acceptors (Lipinski definition) is 4. The fourth-order valence-electron chi connectivity index (χ4n) is 4.24. The predicted octanol–water partition coefficient (Wildman–Crippen LogP) is 4.65. The van der Waals surface area contributed by atoms with E-state index >= 15 is 0 Å². The zero-order chi connectivity index (χ0) is 19.1. The van der Waals surface area contributed by atoms with Crippen LogP contribution in [0.5, 0.6) is 0 Å². The highest BCUT2D eigenvalue weighted by molar-refractivity contribution is 7.18. The second kappa shape index (κ2) is 7.15. The maximum Gasteiger partial charge on any atom is 0.259 e. The summed E-state index contributed by atoms with van der Waals surface area (Å²) >= 11 is 1.71. The van der Waals surface area contributed by atoms with Crippen molar-refractivity contribution in [1.29, 1.82) is 0 Å². The molecule has 0 saturated heterocycles. The number of benzene rings is 2. The van der Waals surface area contributed by atoms with Gasteiger partial charge in [-0.2, -0.15) is 0 Å². The Kier molecular flexibility index (Phi) is 4.49. The minimum absolute atomic E-state index is 0.0264. The molecule has 2 aromatic heterocycles. The van der Waals surface area contributed by atoms with Crippen LogP contribution in [0.15, 0.2) is 47.3 Å². The van der Waals surface area contributed by atoms with Gasteiger partial charge in [-0.3, -0.25) is 9.69 Å². The van der Waals surface area contributed by atoms with Crippen molar-refractivity contribution in [3.05, 3.63) is 74.6 Å². The van der Waals surface area contributed by atoms with Gasteiger partial charge in [0.05, 0.1) is 11.9 Å². The summed E-state index contributed by atoms with van der Waals surface area (Å²) in [5.74, 6) is 0.749. The molecule has 4 aromatic rings. The van der Waals surface area contributed by atoms with E-state index in [0.29, 0.717) is 6.54 Å². The lowest BCUT2D eigenvalue weighted by Gasteiger charge is -2.16. The molecular weight excluding hydrogens is 366 g/mol. The first-order chi connectivity index (χ1) is 13.7. The van der Waals surface area contributed by atoms with Gasteiger partial charge >= 0.3 is 0 Å². The van der Waals surface area contributed by atoms with Crippen molar-refractivity contribution in [3.8, 4) is 0 Å². The van der Waals surface area contributed by atoms with Crippen LogP contribution in [0.4, 0.5) is 0 Å². The third-order valence-corrected chi connectivity index (χ3v) is 6.75. The van der Waals surface area contributed by atoms with E-state index in [2.05, 4.69) is 59.4 Å². The third kappa shape index (κ3) is 3.25. The highest BCUT2D eigenvalue weighted by Gasteiger charge is 2.20. The van der Waals surface area contributed by atoms with Crippen molar-refractivity contribution >= 4 is 32.3 Å². The van der Waals surface area contributed by atoms with Gasteiger partial charge in [-0.15, -0.1) is 11.3 Å². The van der Waals surface area contributed by atoms with Gasteiger partial charge in [-0.05, 0) is 60.7 Å². The molecule has 142 valence electrons. The average Bonchev–Trinajstić information content (AvgIpc) is 3.06. The molecule has 0 fully saturated rings. The zero-order valence-corrected chi connectivity index (χ0v) is 16.8. The van der Waals surface area contributed by atoms with Crippen LogP contribution in [0.25, 0.3) is 21.0 Å². The van der Waals surface area contributed by atoms with Gasteiger partial charge in [0.2, 0.25) is 0 Å². The Morgan fingerprint density at radius 1 is 1.07 bits per heavy atom. The van der Waals surface area contributed by atoms with Crippen molar-refractivity contribution in [3.63, 3.8) is 0 Å². The maximum absolute atomic E-state index is 12.7. The van der Waals surface area contributed by atoms with Crippen LogP contribution in [-0.2, 0) is 25.9 Å². The largest absolute Gasteiger partial charge is 0.309 e. The molecule has 2 aromatic carbocycles. The van der Waals surface area contributed by atoms with E-state index in [4.69, 9.17) is 4.98 Å². The summed E-state index contributed by atoms with van der Waals surface area (Å²) in [6, 6.07) is 15.0. The Bertz CT molecular complexity index is 1220. The Morgan fingerprint density at radius 2 is 1.89 bits per heavy atom. The minimum atomic E-state index is 0.0264. The number of H-pyrrole nitrogens is 1. The molecule has 0 saturated carbocycles. The van der Waals surface area contributed by atoms with Crippen LogP contribution in [0.1, 0.15) is 34.7 Å². The summed E-state index contributed by atoms with van der Waals surface area (Å²) in [6.45, 7) is 1.44. The number of aryl methyl sites for hydroxylation is 2. The van der Waals surface area contributed by atoms with Crippen LogP contribution < -0.4 is 5.56 Å². The van der Waals surface area contributed by atoms with E-state index in [-0.39, 0.29) is 5.56 Å². The van der Waals surface area contributed by atoms with Gasteiger partial charge in [0.25, 0.3) is 5.56 Å². The predicted molar refractivity (Wildman–Crippen MR) is 116 cm³/mol. The number of nitrogens with zero attached hydrogens (tertiary/aromatic N) is 2. The van der Waals surface area contributed by atoms with Gasteiger partial charge in [-0.25, -0.2) is 4.98 Å². The van der Waals surface area contributed by atoms with Crippen molar-refractivity contribution in [2.24, 2.45) is 0 Å². The van der Waals surface area contributed by atoms with Crippen LogP contribution in [0.3, 0.4) is 0 Å². The number of aromatic amines is 1. The number of nitrogens with one attached hydrogen (secondary N) is 1. The van der Waals surface area contributed by atoms with Crippen LogP contribution in [-0.4, -0.2) is 21.9 Å². The first kappa shape index (κ1) is 17.6.